The fourth-order valence-corrected chi connectivity index (χ4v) is 1.70. The zero-order chi connectivity index (χ0) is 14.0. The number of carbonyl (C=O) groups excluding carboxylic acids is 1. The Bertz CT molecular complexity index is 643. The largest absolute Gasteiger partial charge is 0.478 e. The average molecular weight is 259 g/mol. The van der Waals surface area contributed by atoms with E-state index in [1.165, 1.54) is 12.3 Å². The van der Waals surface area contributed by atoms with Gasteiger partial charge in [-0.15, -0.1) is 0 Å². The Labute approximate surface area is 109 Å². The van der Waals surface area contributed by atoms with E-state index < -0.39 is 11.9 Å². The molecule has 0 atom stereocenters. The first-order valence-electron chi connectivity index (χ1n) is 5.68. The van der Waals surface area contributed by atoms with E-state index >= 15 is 0 Å². The molecule has 0 spiro atoms. The summed E-state index contributed by atoms with van der Waals surface area (Å²) in [6, 6.07) is 6.41. The molecular formula is C14H13NO4. The summed E-state index contributed by atoms with van der Waals surface area (Å²) >= 11 is 0. The minimum Gasteiger partial charge on any atom is -0.478 e. The normalized spacial score (nSPS) is 10.2. The first-order chi connectivity index (χ1) is 8.97. The summed E-state index contributed by atoms with van der Waals surface area (Å²) in [6.07, 6.45) is 1.33. The molecule has 5 heteroatoms. The smallest absolute Gasteiger partial charge is 0.337 e. The molecule has 98 valence electrons. The van der Waals surface area contributed by atoms with Crippen LogP contribution in [0.4, 0.5) is 5.69 Å². The molecule has 0 aliphatic heterocycles. The van der Waals surface area contributed by atoms with Crippen molar-refractivity contribution >= 4 is 17.6 Å². The molecule has 1 heterocycles. The van der Waals surface area contributed by atoms with Gasteiger partial charge < -0.3 is 14.8 Å². The lowest BCUT2D eigenvalue weighted by Crippen LogP contribution is -2.14. The lowest BCUT2D eigenvalue weighted by molar-refractivity contribution is 0.0698. The number of furan rings is 1. The molecule has 2 rings (SSSR count). The van der Waals surface area contributed by atoms with Crippen LogP contribution in [0.15, 0.2) is 34.9 Å². The van der Waals surface area contributed by atoms with Crippen LogP contribution in [0.2, 0.25) is 0 Å². The van der Waals surface area contributed by atoms with Gasteiger partial charge in [-0.05, 0) is 32.0 Å². The molecule has 0 saturated carbocycles. The molecule has 0 saturated heterocycles. The Hall–Kier alpha value is -2.56. The molecule has 0 fully saturated rings. The maximum Gasteiger partial charge on any atom is 0.337 e. The first kappa shape index (κ1) is 12.9. The number of carboxylic acid groups (broad SMARTS) is 1. The van der Waals surface area contributed by atoms with Gasteiger partial charge >= 0.3 is 5.97 Å². The summed E-state index contributed by atoms with van der Waals surface area (Å²) in [4.78, 5) is 23.0. The van der Waals surface area contributed by atoms with Gasteiger partial charge in [-0.25, -0.2) is 4.79 Å². The predicted molar refractivity (Wildman–Crippen MR) is 69.5 cm³/mol. The molecule has 0 bridgehead atoms. The Balaban J connectivity index is 2.28. The molecular weight excluding hydrogens is 246 g/mol. The lowest BCUT2D eigenvalue weighted by Gasteiger charge is -2.08. The maximum absolute atomic E-state index is 11.9. The molecule has 2 aromatic rings. The molecule has 0 unspecified atom stereocenters. The van der Waals surface area contributed by atoms with Crippen LogP contribution >= 0.6 is 0 Å². The van der Waals surface area contributed by atoms with Gasteiger partial charge in [0.15, 0.2) is 0 Å². The quantitative estimate of drug-likeness (QED) is 0.888. The SMILES string of the molecule is Cc1ccc(NC(=O)c2coc(C)c2)c(C(=O)O)c1. The van der Waals surface area contributed by atoms with Gasteiger partial charge in [0.1, 0.15) is 12.0 Å². The van der Waals surface area contributed by atoms with Crippen LogP contribution in [0, 0.1) is 13.8 Å². The van der Waals surface area contributed by atoms with E-state index in [0.717, 1.165) is 5.56 Å². The number of aromatic carboxylic acids is 1. The lowest BCUT2D eigenvalue weighted by atomic mass is 10.1. The Morgan fingerprint density at radius 3 is 2.53 bits per heavy atom. The molecule has 0 aliphatic rings. The third-order valence-electron chi connectivity index (χ3n) is 2.65. The van der Waals surface area contributed by atoms with Crippen molar-refractivity contribution in [1.82, 2.24) is 0 Å². The summed E-state index contributed by atoms with van der Waals surface area (Å²) in [5.74, 6) is -0.863. The van der Waals surface area contributed by atoms with Crippen LogP contribution in [0.1, 0.15) is 32.0 Å². The minimum absolute atomic E-state index is 0.0635. The summed E-state index contributed by atoms with van der Waals surface area (Å²) in [6.45, 7) is 3.52. The van der Waals surface area contributed by atoms with Crippen molar-refractivity contribution in [1.29, 1.82) is 0 Å². The van der Waals surface area contributed by atoms with E-state index in [1.807, 2.05) is 0 Å². The van der Waals surface area contributed by atoms with Crippen molar-refractivity contribution in [2.75, 3.05) is 5.32 Å². The molecule has 5 nitrogen and oxygen atoms in total. The van der Waals surface area contributed by atoms with E-state index in [4.69, 9.17) is 9.52 Å². The fraction of sp³-hybridized carbons (Fsp3) is 0.143. The minimum atomic E-state index is -1.08. The summed E-state index contributed by atoms with van der Waals surface area (Å²) in [5.41, 5.74) is 1.50. The Kier molecular flexibility index (Phi) is 3.37. The van der Waals surface area contributed by atoms with Crippen molar-refractivity contribution in [2.45, 2.75) is 13.8 Å². The second-order valence-electron chi connectivity index (χ2n) is 4.25. The highest BCUT2D eigenvalue weighted by atomic mass is 16.4. The first-order valence-corrected chi connectivity index (χ1v) is 5.68. The van der Waals surface area contributed by atoms with Crippen LogP contribution in [0.25, 0.3) is 0 Å². The second-order valence-corrected chi connectivity index (χ2v) is 4.25. The molecule has 1 aromatic heterocycles. The highest BCUT2D eigenvalue weighted by Crippen LogP contribution is 2.19. The Morgan fingerprint density at radius 1 is 1.21 bits per heavy atom. The van der Waals surface area contributed by atoms with Crippen molar-refractivity contribution in [3.63, 3.8) is 0 Å². The van der Waals surface area contributed by atoms with Crippen LogP contribution in [-0.4, -0.2) is 17.0 Å². The number of aryl methyl sites for hydroxylation is 2. The Morgan fingerprint density at radius 2 is 1.95 bits per heavy atom. The molecule has 1 aromatic carbocycles. The number of nitrogens with one attached hydrogen (secondary N) is 1. The van der Waals surface area contributed by atoms with E-state index in [-0.39, 0.29) is 11.3 Å². The highest BCUT2D eigenvalue weighted by Gasteiger charge is 2.14. The molecule has 2 N–H and O–H groups in total. The van der Waals surface area contributed by atoms with E-state index in [2.05, 4.69) is 5.32 Å². The topological polar surface area (TPSA) is 79.5 Å². The van der Waals surface area contributed by atoms with Gasteiger partial charge in [0.25, 0.3) is 5.91 Å². The summed E-state index contributed by atoms with van der Waals surface area (Å²) < 4.78 is 5.04. The van der Waals surface area contributed by atoms with Gasteiger partial charge in [-0.1, -0.05) is 11.6 Å². The van der Waals surface area contributed by atoms with Crippen LogP contribution < -0.4 is 5.32 Å². The number of amides is 1. The van der Waals surface area contributed by atoms with Crippen molar-refractivity contribution in [3.8, 4) is 0 Å². The third-order valence-corrected chi connectivity index (χ3v) is 2.65. The third kappa shape index (κ3) is 2.82. The van der Waals surface area contributed by atoms with Crippen LogP contribution in [0.3, 0.4) is 0 Å². The van der Waals surface area contributed by atoms with Crippen LogP contribution in [0.5, 0.6) is 0 Å². The van der Waals surface area contributed by atoms with Gasteiger partial charge in [0, 0.05) is 0 Å². The summed E-state index contributed by atoms with van der Waals surface area (Å²) in [7, 11) is 0. The molecule has 19 heavy (non-hydrogen) atoms. The molecule has 0 radical (unpaired) electrons. The number of anilines is 1. The highest BCUT2D eigenvalue weighted by molar-refractivity contribution is 6.07. The fourth-order valence-electron chi connectivity index (χ4n) is 1.70. The second kappa shape index (κ2) is 4.97. The molecule has 0 aliphatic carbocycles. The summed E-state index contributed by atoms with van der Waals surface area (Å²) in [5, 5.41) is 11.7. The van der Waals surface area contributed by atoms with E-state index in [0.29, 0.717) is 11.3 Å². The zero-order valence-corrected chi connectivity index (χ0v) is 10.6. The molecule has 1 amide bonds. The van der Waals surface area contributed by atoms with Gasteiger partial charge in [0.05, 0.1) is 16.8 Å². The van der Waals surface area contributed by atoms with Crippen molar-refractivity contribution in [3.05, 3.63) is 53.0 Å². The number of benzene rings is 1. The van der Waals surface area contributed by atoms with E-state index in [9.17, 15) is 9.59 Å². The predicted octanol–water partition coefficient (Wildman–Crippen LogP) is 2.85. The van der Waals surface area contributed by atoms with Gasteiger partial charge in [-0.3, -0.25) is 4.79 Å². The van der Waals surface area contributed by atoms with Crippen molar-refractivity contribution in [2.24, 2.45) is 0 Å². The van der Waals surface area contributed by atoms with Gasteiger partial charge in [-0.2, -0.15) is 0 Å². The van der Waals surface area contributed by atoms with E-state index in [1.54, 1.807) is 32.0 Å². The zero-order valence-electron chi connectivity index (χ0n) is 10.6. The standard InChI is InChI=1S/C14H13NO4/c1-8-3-4-12(11(5-8)14(17)18)15-13(16)10-6-9(2)19-7-10/h3-7H,1-2H3,(H,15,16)(H,17,18). The monoisotopic (exact) mass is 259 g/mol. The maximum atomic E-state index is 11.9. The van der Waals surface area contributed by atoms with Crippen LogP contribution in [-0.2, 0) is 0 Å². The number of rotatable bonds is 3. The number of hydrogen-bond acceptors (Lipinski definition) is 3. The number of carboxylic acids is 1. The van der Waals surface area contributed by atoms with Crippen molar-refractivity contribution < 1.29 is 19.1 Å². The average Bonchev–Trinajstić information content (AvgIpc) is 2.78. The number of hydrogen-bond donors (Lipinski definition) is 2. The van der Waals surface area contributed by atoms with Gasteiger partial charge in [0.2, 0.25) is 0 Å². The number of carbonyl (C=O) groups is 2.